The number of aryl methyl sites for hydroxylation is 1. The van der Waals surface area contributed by atoms with Gasteiger partial charge in [-0.15, -0.1) is 0 Å². The first-order chi connectivity index (χ1) is 13.3. The van der Waals surface area contributed by atoms with Gasteiger partial charge in [-0.2, -0.15) is 10.1 Å². The van der Waals surface area contributed by atoms with Gasteiger partial charge in [-0.05, 0) is 0 Å². The summed E-state index contributed by atoms with van der Waals surface area (Å²) in [7, 11) is -1.19. The molecule has 28 heavy (non-hydrogen) atoms. The van der Waals surface area contributed by atoms with Crippen molar-refractivity contribution in [2.45, 2.75) is 6.04 Å². The van der Waals surface area contributed by atoms with Crippen molar-refractivity contribution >= 4 is 38.9 Å². The number of rotatable bonds is 8. The highest BCUT2D eigenvalue weighted by Gasteiger charge is 2.24. The number of sulfone groups is 1. The number of morpholine rings is 1. The van der Waals surface area contributed by atoms with Crippen LogP contribution in [0.3, 0.4) is 0 Å². The van der Waals surface area contributed by atoms with Crippen molar-refractivity contribution in [2.75, 3.05) is 55.5 Å². The van der Waals surface area contributed by atoms with Crippen LogP contribution >= 0.6 is 11.6 Å². The van der Waals surface area contributed by atoms with Crippen molar-refractivity contribution in [1.29, 1.82) is 0 Å². The molecule has 1 aliphatic rings. The number of nitrogens with zero attached hydrogens (tertiary/aromatic N) is 5. The van der Waals surface area contributed by atoms with Gasteiger partial charge in [0, 0.05) is 39.1 Å². The number of ether oxygens (including phenoxy) is 1. The van der Waals surface area contributed by atoms with E-state index in [1.807, 2.05) is 13.2 Å². The Morgan fingerprint density at radius 2 is 2.21 bits per heavy atom. The summed E-state index contributed by atoms with van der Waals surface area (Å²) in [6.45, 7) is 2.79. The van der Waals surface area contributed by atoms with E-state index in [1.54, 1.807) is 10.9 Å². The van der Waals surface area contributed by atoms with Crippen molar-refractivity contribution in [3.63, 3.8) is 0 Å². The van der Waals surface area contributed by atoms with Gasteiger partial charge in [0.1, 0.15) is 14.9 Å². The lowest BCUT2D eigenvalue weighted by atomic mass is 10.2. The fourth-order valence-electron chi connectivity index (χ4n) is 2.84. The molecule has 0 aromatic carbocycles. The second kappa shape index (κ2) is 9.03. The summed E-state index contributed by atoms with van der Waals surface area (Å²) < 4.78 is 30.2. The van der Waals surface area contributed by atoms with E-state index in [1.165, 1.54) is 12.5 Å². The first-order valence-electron chi connectivity index (χ1n) is 8.82. The number of anilines is 3. The minimum atomic E-state index is -3.01. The molecule has 1 atom stereocenters. The van der Waals surface area contributed by atoms with Crippen LogP contribution in [0.4, 0.5) is 17.5 Å². The monoisotopic (exact) mass is 429 g/mol. The van der Waals surface area contributed by atoms with Crippen LogP contribution in [-0.2, 0) is 21.6 Å². The number of nitrogens with one attached hydrogen (secondary N) is 2. The molecule has 2 N–H and O–H groups in total. The Morgan fingerprint density at radius 3 is 2.93 bits per heavy atom. The molecule has 0 aliphatic carbocycles. The molecule has 0 amide bonds. The largest absolute Gasteiger partial charge is 0.378 e. The molecule has 0 saturated carbocycles. The summed E-state index contributed by atoms with van der Waals surface area (Å²) in [6.07, 6.45) is 6.25. The van der Waals surface area contributed by atoms with E-state index in [9.17, 15) is 8.42 Å². The normalized spacial score (nSPS) is 18.2. The highest BCUT2D eigenvalue weighted by Crippen LogP contribution is 2.21. The molecule has 0 spiro atoms. The number of hydrogen-bond donors (Lipinski definition) is 2. The molecule has 0 bridgehead atoms. The summed E-state index contributed by atoms with van der Waals surface area (Å²) in [4.78, 5) is 10.7. The zero-order chi connectivity index (χ0) is 20.1. The molecular formula is C16H24ClN7O3S. The van der Waals surface area contributed by atoms with Crippen molar-refractivity contribution in [1.82, 2.24) is 24.6 Å². The van der Waals surface area contributed by atoms with Crippen LogP contribution in [0, 0.1) is 0 Å². The first kappa shape index (κ1) is 20.8. The summed E-state index contributed by atoms with van der Waals surface area (Å²) in [5.41, 5.74) is 0.767. The molecule has 3 rings (SSSR count). The fourth-order valence-corrected chi connectivity index (χ4v) is 3.56. The van der Waals surface area contributed by atoms with Crippen LogP contribution in [-0.4, -0.2) is 84.0 Å². The highest BCUT2D eigenvalue weighted by atomic mass is 35.5. The van der Waals surface area contributed by atoms with Crippen LogP contribution in [0.5, 0.6) is 0 Å². The Morgan fingerprint density at radius 1 is 1.39 bits per heavy atom. The third-order valence-electron chi connectivity index (χ3n) is 4.31. The van der Waals surface area contributed by atoms with Crippen LogP contribution in [0.1, 0.15) is 0 Å². The van der Waals surface area contributed by atoms with Crippen LogP contribution < -0.4 is 10.6 Å². The van der Waals surface area contributed by atoms with Gasteiger partial charge in [-0.25, -0.2) is 13.4 Å². The number of hydrogen-bond acceptors (Lipinski definition) is 9. The van der Waals surface area contributed by atoms with Crippen molar-refractivity contribution in [2.24, 2.45) is 7.05 Å². The maximum Gasteiger partial charge on any atom is 0.229 e. The molecule has 0 radical (unpaired) electrons. The summed E-state index contributed by atoms with van der Waals surface area (Å²) in [5.74, 6) is 1.02. The fraction of sp³-hybridized carbons (Fsp3) is 0.562. The highest BCUT2D eigenvalue weighted by molar-refractivity contribution is 7.90. The van der Waals surface area contributed by atoms with Gasteiger partial charge in [-0.3, -0.25) is 9.58 Å². The molecule has 1 saturated heterocycles. The van der Waals surface area contributed by atoms with E-state index < -0.39 is 9.84 Å². The Labute approximate surface area is 169 Å². The van der Waals surface area contributed by atoms with Gasteiger partial charge in [0.05, 0.1) is 43.1 Å². The van der Waals surface area contributed by atoms with Crippen LogP contribution in [0.25, 0.3) is 0 Å². The van der Waals surface area contributed by atoms with Gasteiger partial charge < -0.3 is 15.4 Å². The maximum atomic E-state index is 11.5. The summed E-state index contributed by atoms with van der Waals surface area (Å²) in [6, 6.07) is 0.0243. The lowest BCUT2D eigenvalue weighted by Crippen LogP contribution is -2.50. The smallest absolute Gasteiger partial charge is 0.229 e. The van der Waals surface area contributed by atoms with Gasteiger partial charge in [0.15, 0.2) is 5.82 Å². The third kappa shape index (κ3) is 6.03. The Balaban J connectivity index is 1.62. The van der Waals surface area contributed by atoms with Gasteiger partial charge in [0.25, 0.3) is 0 Å². The SMILES string of the molecule is Cn1cc(Nc2ncc(Cl)c(NCC3COCCN3CCS(C)(=O)=O)n2)cn1. The topological polar surface area (TPSA) is 114 Å². The van der Waals surface area contributed by atoms with Crippen molar-refractivity contribution < 1.29 is 13.2 Å². The molecule has 10 nitrogen and oxygen atoms in total. The standard InChI is InChI=1S/C16H24ClN7O3S/c1-23-10-12(7-20-23)21-16-19-9-14(17)15(22-16)18-8-13-11-27-5-3-24(13)4-6-28(2,25)26/h7,9-10,13H,3-6,8,11H2,1-2H3,(H2,18,19,21,22). The van der Waals surface area contributed by atoms with Crippen molar-refractivity contribution in [3.05, 3.63) is 23.6 Å². The van der Waals surface area contributed by atoms with Crippen LogP contribution in [0.15, 0.2) is 18.6 Å². The minimum Gasteiger partial charge on any atom is -0.378 e. The van der Waals surface area contributed by atoms with Crippen molar-refractivity contribution in [3.8, 4) is 0 Å². The Kier molecular flexibility index (Phi) is 6.70. The van der Waals surface area contributed by atoms with E-state index in [2.05, 4.69) is 30.6 Å². The van der Waals surface area contributed by atoms with Gasteiger partial charge in [0.2, 0.25) is 5.95 Å². The second-order valence-electron chi connectivity index (χ2n) is 6.69. The molecule has 12 heteroatoms. The van der Waals surface area contributed by atoms with E-state index >= 15 is 0 Å². The molecule has 1 unspecified atom stereocenters. The zero-order valence-corrected chi connectivity index (χ0v) is 17.4. The van der Waals surface area contributed by atoms with E-state index in [0.717, 1.165) is 5.69 Å². The second-order valence-corrected chi connectivity index (χ2v) is 9.36. The summed E-state index contributed by atoms with van der Waals surface area (Å²) in [5, 5.41) is 10.8. The van der Waals surface area contributed by atoms with Gasteiger partial charge >= 0.3 is 0 Å². The Bertz CT molecular complexity index is 905. The third-order valence-corrected chi connectivity index (χ3v) is 5.51. The average Bonchev–Trinajstić information content (AvgIpc) is 3.05. The summed E-state index contributed by atoms with van der Waals surface area (Å²) >= 11 is 6.22. The molecule has 154 valence electrons. The maximum absolute atomic E-state index is 11.5. The van der Waals surface area contributed by atoms with Crippen LogP contribution in [0.2, 0.25) is 5.02 Å². The molecule has 2 aromatic rings. The molecular weight excluding hydrogens is 406 g/mol. The molecule has 1 fully saturated rings. The molecule has 1 aliphatic heterocycles. The molecule has 2 aromatic heterocycles. The van der Waals surface area contributed by atoms with E-state index in [4.69, 9.17) is 16.3 Å². The minimum absolute atomic E-state index is 0.0243. The van der Waals surface area contributed by atoms with E-state index in [0.29, 0.717) is 49.6 Å². The lowest BCUT2D eigenvalue weighted by Gasteiger charge is -2.35. The first-order valence-corrected chi connectivity index (χ1v) is 11.3. The van der Waals surface area contributed by atoms with E-state index in [-0.39, 0.29) is 11.8 Å². The molecule has 3 heterocycles. The predicted molar refractivity (Wildman–Crippen MR) is 108 cm³/mol. The number of aromatic nitrogens is 4. The number of halogens is 1. The zero-order valence-electron chi connectivity index (χ0n) is 15.8. The quantitative estimate of drug-likeness (QED) is 0.627. The Hall–Kier alpha value is -1.95. The predicted octanol–water partition coefficient (Wildman–Crippen LogP) is 0.764. The van der Waals surface area contributed by atoms with Gasteiger partial charge in [-0.1, -0.05) is 11.6 Å². The average molecular weight is 430 g/mol. The lowest BCUT2D eigenvalue weighted by molar-refractivity contribution is 0.000701.